The lowest BCUT2D eigenvalue weighted by Gasteiger charge is -2.63. The summed E-state index contributed by atoms with van der Waals surface area (Å²) in [5, 5.41) is 43.3. The van der Waals surface area contributed by atoms with Gasteiger partial charge in [-0.25, -0.2) is 0 Å². The van der Waals surface area contributed by atoms with Gasteiger partial charge in [-0.3, -0.25) is 0 Å². The van der Waals surface area contributed by atoms with E-state index in [4.69, 9.17) is 0 Å². The van der Waals surface area contributed by atoms with Crippen molar-refractivity contribution in [2.24, 2.45) is 46.3 Å². The smallest absolute Gasteiger partial charge is 0.0602 e. The third kappa shape index (κ3) is 4.02. The highest BCUT2D eigenvalue weighted by atomic mass is 16.3. The summed E-state index contributed by atoms with van der Waals surface area (Å²) in [6.07, 6.45) is 8.73. The van der Waals surface area contributed by atoms with Gasteiger partial charge in [0, 0.05) is 0 Å². The lowest BCUT2D eigenvalue weighted by atomic mass is 9.43. The SMILES string of the molecule is CC(CCCC(C)(C)O)[C@H]1CC[C@H]2[C@@H]3[C@H](O)C[C@H]4C[C@H](O)CC[C@]4(C)[C@H]3C[C@H](O)[C@]12C. The van der Waals surface area contributed by atoms with E-state index in [1.165, 1.54) is 0 Å². The van der Waals surface area contributed by atoms with Gasteiger partial charge in [-0.05, 0) is 112 Å². The van der Waals surface area contributed by atoms with Crippen molar-refractivity contribution in [2.45, 2.75) is 123 Å². The largest absolute Gasteiger partial charge is 0.393 e. The summed E-state index contributed by atoms with van der Waals surface area (Å²) in [5.41, 5.74) is -0.583. The van der Waals surface area contributed by atoms with Crippen molar-refractivity contribution in [3.8, 4) is 0 Å². The summed E-state index contributed by atoms with van der Waals surface area (Å²) in [6, 6.07) is 0. The lowest BCUT2D eigenvalue weighted by Crippen LogP contribution is -2.62. The van der Waals surface area contributed by atoms with Crippen LogP contribution in [-0.4, -0.2) is 44.3 Å². The fourth-order valence-electron chi connectivity index (χ4n) is 9.19. The number of rotatable bonds is 5. The van der Waals surface area contributed by atoms with Crippen LogP contribution in [0.2, 0.25) is 0 Å². The van der Waals surface area contributed by atoms with Crippen LogP contribution in [0.25, 0.3) is 0 Å². The van der Waals surface area contributed by atoms with Crippen molar-refractivity contribution in [2.75, 3.05) is 0 Å². The molecule has 0 spiro atoms. The van der Waals surface area contributed by atoms with E-state index in [1.807, 2.05) is 13.8 Å². The number of fused-ring (bicyclic) bond motifs is 5. The molecule has 0 saturated heterocycles. The van der Waals surface area contributed by atoms with E-state index in [0.29, 0.717) is 35.5 Å². The molecule has 4 aliphatic carbocycles. The Morgan fingerprint density at radius 1 is 0.968 bits per heavy atom. The van der Waals surface area contributed by atoms with Gasteiger partial charge in [-0.2, -0.15) is 0 Å². The van der Waals surface area contributed by atoms with Crippen LogP contribution < -0.4 is 0 Å². The van der Waals surface area contributed by atoms with Crippen molar-refractivity contribution >= 4 is 0 Å². The Labute approximate surface area is 189 Å². The maximum atomic E-state index is 11.6. The number of hydrogen-bond donors (Lipinski definition) is 4. The Morgan fingerprint density at radius 3 is 2.35 bits per heavy atom. The molecule has 0 aromatic rings. The number of aliphatic hydroxyl groups excluding tert-OH is 3. The average Bonchev–Trinajstić information content (AvgIpc) is 3.01. The predicted octanol–water partition coefficient (Wildman–Crippen LogP) is 4.53. The van der Waals surface area contributed by atoms with E-state index >= 15 is 0 Å². The van der Waals surface area contributed by atoms with Gasteiger partial charge in [0.05, 0.1) is 23.9 Å². The summed E-state index contributed by atoms with van der Waals surface area (Å²) < 4.78 is 0. The van der Waals surface area contributed by atoms with Crippen LogP contribution in [0.3, 0.4) is 0 Å². The molecule has 4 saturated carbocycles. The quantitative estimate of drug-likeness (QED) is 0.511. The van der Waals surface area contributed by atoms with Gasteiger partial charge >= 0.3 is 0 Å². The van der Waals surface area contributed by atoms with Gasteiger partial charge < -0.3 is 20.4 Å². The fourth-order valence-corrected chi connectivity index (χ4v) is 9.19. The molecule has 0 radical (unpaired) electrons. The van der Waals surface area contributed by atoms with E-state index in [2.05, 4.69) is 20.8 Å². The van der Waals surface area contributed by atoms with Crippen LogP contribution in [0.5, 0.6) is 0 Å². The topological polar surface area (TPSA) is 80.9 Å². The van der Waals surface area contributed by atoms with Crippen LogP contribution in [-0.2, 0) is 0 Å². The van der Waals surface area contributed by atoms with Gasteiger partial charge in [0.2, 0.25) is 0 Å². The molecule has 0 aromatic heterocycles. The summed E-state index contributed by atoms with van der Waals surface area (Å²) in [6.45, 7) is 10.8. The van der Waals surface area contributed by atoms with Gasteiger partial charge in [0.15, 0.2) is 0 Å². The number of aliphatic hydroxyl groups is 4. The highest BCUT2D eigenvalue weighted by Crippen LogP contribution is 2.68. The zero-order valence-corrected chi connectivity index (χ0v) is 20.6. The zero-order chi connectivity index (χ0) is 22.8. The van der Waals surface area contributed by atoms with Crippen LogP contribution >= 0.6 is 0 Å². The molecule has 4 aliphatic rings. The van der Waals surface area contributed by atoms with Gasteiger partial charge in [-0.1, -0.05) is 33.6 Å². The van der Waals surface area contributed by atoms with E-state index in [1.54, 1.807) is 0 Å². The molecule has 0 heterocycles. The molecule has 180 valence electrons. The van der Waals surface area contributed by atoms with E-state index in [-0.39, 0.29) is 29.1 Å². The first-order valence-corrected chi connectivity index (χ1v) is 13.1. The molecule has 4 rings (SSSR count). The monoisotopic (exact) mass is 436 g/mol. The normalized spacial score (nSPS) is 51.0. The van der Waals surface area contributed by atoms with Crippen LogP contribution in [0.15, 0.2) is 0 Å². The first kappa shape index (κ1) is 24.0. The van der Waals surface area contributed by atoms with Gasteiger partial charge in [-0.15, -0.1) is 0 Å². The molecule has 4 nitrogen and oxygen atoms in total. The van der Waals surface area contributed by atoms with Crippen LogP contribution in [0.4, 0.5) is 0 Å². The Kier molecular flexibility index (Phi) is 6.38. The van der Waals surface area contributed by atoms with Crippen LogP contribution in [0.1, 0.15) is 98.8 Å². The maximum Gasteiger partial charge on any atom is 0.0602 e. The van der Waals surface area contributed by atoms with Crippen molar-refractivity contribution in [3.05, 3.63) is 0 Å². The molecule has 31 heavy (non-hydrogen) atoms. The summed E-state index contributed by atoms with van der Waals surface area (Å²) in [7, 11) is 0. The Bertz CT molecular complexity index is 644. The molecule has 0 aromatic carbocycles. The predicted molar refractivity (Wildman–Crippen MR) is 123 cm³/mol. The average molecular weight is 437 g/mol. The second-order valence-corrected chi connectivity index (χ2v) is 13.2. The summed E-state index contributed by atoms with van der Waals surface area (Å²) in [5.74, 6) is 2.44. The molecule has 4 N–H and O–H groups in total. The highest BCUT2D eigenvalue weighted by Gasteiger charge is 2.65. The minimum Gasteiger partial charge on any atom is -0.393 e. The molecule has 11 atom stereocenters. The second kappa shape index (κ2) is 8.25. The third-order valence-electron chi connectivity index (χ3n) is 11.0. The first-order valence-electron chi connectivity index (χ1n) is 13.1. The van der Waals surface area contributed by atoms with E-state index in [9.17, 15) is 20.4 Å². The molecule has 4 fully saturated rings. The summed E-state index contributed by atoms with van der Waals surface area (Å²) in [4.78, 5) is 0. The summed E-state index contributed by atoms with van der Waals surface area (Å²) >= 11 is 0. The minimum atomic E-state index is -0.606. The lowest BCUT2D eigenvalue weighted by molar-refractivity contribution is -0.207. The second-order valence-electron chi connectivity index (χ2n) is 13.2. The molecular formula is C27H48O4. The standard InChI is InChI=1S/C27H48O4/c1-16(7-6-11-25(2,3)31)19-8-9-20-24-21(15-23(30)27(19,20)5)26(4)12-10-18(28)13-17(26)14-22(24)29/h16-24,28-31H,6-15H2,1-5H3/t16?,17-,18-,19-,20+,21+,22-,23+,24+,26+,27-/m1/s1. The molecule has 0 aliphatic heterocycles. The van der Waals surface area contributed by atoms with Crippen LogP contribution in [0, 0.1) is 46.3 Å². The van der Waals surface area contributed by atoms with E-state index in [0.717, 1.165) is 64.2 Å². The molecule has 1 unspecified atom stereocenters. The molecular weight excluding hydrogens is 388 g/mol. The number of hydrogen-bond acceptors (Lipinski definition) is 4. The first-order chi connectivity index (χ1) is 14.4. The van der Waals surface area contributed by atoms with Gasteiger partial charge in [0.25, 0.3) is 0 Å². The maximum absolute atomic E-state index is 11.6. The molecule has 0 amide bonds. The minimum absolute atomic E-state index is 0.117. The Morgan fingerprint density at radius 2 is 1.68 bits per heavy atom. The molecule has 0 bridgehead atoms. The van der Waals surface area contributed by atoms with Crippen molar-refractivity contribution < 1.29 is 20.4 Å². The van der Waals surface area contributed by atoms with Gasteiger partial charge in [0.1, 0.15) is 0 Å². The molecule has 4 heteroatoms. The third-order valence-corrected chi connectivity index (χ3v) is 11.0. The Hall–Kier alpha value is -0.160. The fraction of sp³-hybridized carbons (Fsp3) is 1.00. The van der Waals surface area contributed by atoms with Crippen molar-refractivity contribution in [1.29, 1.82) is 0 Å². The van der Waals surface area contributed by atoms with Crippen molar-refractivity contribution in [3.63, 3.8) is 0 Å². The van der Waals surface area contributed by atoms with Crippen molar-refractivity contribution in [1.82, 2.24) is 0 Å². The zero-order valence-electron chi connectivity index (χ0n) is 20.6. The van der Waals surface area contributed by atoms with E-state index < -0.39 is 5.60 Å². The Balaban J connectivity index is 1.54. The highest BCUT2D eigenvalue weighted by molar-refractivity contribution is 5.14.